The van der Waals surface area contributed by atoms with Crippen LogP contribution >= 0.6 is 0 Å². The van der Waals surface area contributed by atoms with Gasteiger partial charge in [-0.2, -0.15) is 0 Å². The maximum atomic E-state index is 13.2. The summed E-state index contributed by atoms with van der Waals surface area (Å²) < 4.78 is 14.8. The molecule has 0 fully saturated rings. The van der Waals surface area contributed by atoms with Crippen molar-refractivity contribution < 1.29 is 4.39 Å². The van der Waals surface area contributed by atoms with Crippen LogP contribution in [0.5, 0.6) is 0 Å². The van der Waals surface area contributed by atoms with Crippen molar-refractivity contribution in [2.45, 2.75) is 26.2 Å². The lowest BCUT2D eigenvalue weighted by Crippen LogP contribution is -2.11. The second-order valence-electron chi connectivity index (χ2n) is 6.28. The van der Waals surface area contributed by atoms with Crippen LogP contribution in [-0.4, -0.2) is 9.38 Å². The van der Waals surface area contributed by atoms with E-state index in [1.54, 1.807) is 6.20 Å². The van der Waals surface area contributed by atoms with Crippen molar-refractivity contribution in [3.63, 3.8) is 0 Å². The molecule has 0 aliphatic rings. The van der Waals surface area contributed by atoms with Crippen molar-refractivity contribution in [3.8, 4) is 11.3 Å². The van der Waals surface area contributed by atoms with Gasteiger partial charge in [0.2, 0.25) is 0 Å². The highest BCUT2D eigenvalue weighted by atomic mass is 19.1. The van der Waals surface area contributed by atoms with Gasteiger partial charge in [0.05, 0.1) is 5.69 Å². The maximum absolute atomic E-state index is 13.2. The first-order chi connectivity index (χ1) is 9.84. The van der Waals surface area contributed by atoms with Crippen LogP contribution in [0.4, 0.5) is 4.39 Å². The predicted octanol–water partition coefficient (Wildman–Crippen LogP) is 3.73. The van der Waals surface area contributed by atoms with Crippen LogP contribution < -0.4 is 5.56 Å². The van der Waals surface area contributed by atoms with Crippen LogP contribution in [0.25, 0.3) is 16.8 Å². The van der Waals surface area contributed by atoms with E-state index in [-0.39, 0.29) is 11.0 Å². The Balaban J connectivity index is 2.10. The summed E-state index contributed by atoms with van der Waals surface area (Å²) in [6.07, 6.45) is 3.03. The molecule has 0 saturated heterocycles. The second kappa shape index (κ2) is 4.58. The Bertz CT molecular complexity index is 851. The first-order valence-corrected chi connectivity index (χ1v) is 6.86. The van der Waals surface area contributed by atoms with Crippen molar-refractivity contribution in [1.29, 1.82) is 0 Å². The number of nitrogens with zero attached hydrogens (tertiary/aromatic N) is 1. The summed E-state index contributed by atoms with van der Waals surface area (Å²) in [5, 5.41) is 0. The highest BCUT2D eigenvalue weighted by molar-refractivity contribution is 5.61. The quantitative estimate of drug-likeness (QED) is 0.726. The van der Waals surface area contributed by atoms with E-state index in [0.29, 0.717) is 11.2 Å². The maximum Gasteiger partial charge on any atom is 0.272 e. The Morgan fingerprint density at radius 1 is 1.10 bits per heavy atom. The average molecular weight is 284 g/mol. The fourth-order valence-corrected chi connectivity index (χ4v) is 2.39. The minimum absolute atomic E-state index is 0.0828. The Morgan fingerprint density at radius 2 is 1.76 bits per heavy atom. The fourth-order valence-electron chi connectivity index (χ4n) is 2.39. The van der Waals surface area contributed by atoms with Crippen LogP contribution in [0.2, 0.25) is 0 Å². The van der Waals surface area contributed by atoms with Crippen LogP contribution in [0.15, 0.2) is 47.5 Å². The van der Waals surface area contributed by atoms with Gasteiger partial charge in [-0.3, -0.25) is 4.79 Å². The van der Waals surface area contributed by atoms with E-state index >= 15 is 0 Å². The number of halogens is 1. The molecule has 0 bridgehead atoms. The number of rotatable bonds is 1. The van der Waals surface area contributed by atoms with Crippen LogP contribution in [-0.2, 0) is 5.41 Å². The monoisotopic (exact) mass is 284 g/mol. The molecule has 0 unspecified atom stereocenters. The summed E-state index contributed by atoms with van der Waals surface area (Å²) in [4.78, 5) is 14.8. The molecule has 3 nitrogen and oxygen atoms in total. The Hall–Kier alpha value is -2.36. The van der Waals surface area contributed by atoms with Gasteiger partial charge in [0, 0.05) is 18.5 Å². The highest BCUT2D eigenvalue weighted by Gasteiger charge is 2.13. The third-order valence-electron chi connectivity index (χ3n) is 3.63. The Morgan fingerprint density at radius 3 is 2.38 bits per heavy atom. The molecule has 2 heterocycles. The van der Waals surface area contributed by atoms with E-state index in [1.165, 1.54) is 22.2 Å². The number of hydrogen-bond acceptors (Lipinski definition) is 1. The van der Waals surface area contributed by atoms with Crippen molar-refractivity contribution in [1.82, 2.24) is 9.38 Å². The second-order valence-corrected chi connectivity index (χ2v) is 6.28. The average Bonchev–Trinajstić information content (AvgIpc) is 2.79. The summed E-state index contributed by atoms with van der Waals surface area (Å²) in [5.74, 6) is -0.416. The van der Waals surface area contributed by atoms with Gasteiger partial charge in [0.15, 0.2) is 0 Å². The van der Waals surface area contributed by atoms with Gasteiger partial charge in [-0.1, -0.05) is 45.0 Å². The molecule has 0 atom stereocenters. The number of nitrogens with one attached hydrogen (secondary N) is 1. The third kappa shape index (κ3) is 2.49. The molecular weight excluding hydrogens is 267 g/mol. The van der Waals surface area contributed by atoms with Gasteiger partial charge in [0.25, 0.3) is 5.56 Å². The molecule has 0 amide bonds. The zero-order valence-corrected chi connectivity index (χ0v) is 12.3. The first kappa shape index (κ1) is 13.6. The summed E-state index contributed by atoms with van der Waals surface area (Å²) in [6, 6.07) is 9.27. The molecular formula is C17H17FN2O. The molecule has 1 N–H and O–H groups in total. The lowest BCUT2D eigenvalue weighted by Gasteiger charge is -2.19. The molecule has 4 heteroatoms. The van der Waals surface area contributed by atoms with Gasteiger partial charge < -0.3 is 9.38 Å². The third-order valence-corrected chi connectivity index (χ3v) is 3.63. The van der Waals surface area contributed by atoms with E-state index < -0.39 is 5.82 Å². The van der Waals surface area contributed by atoms with E-state index in [9.17, 15) is 9.18 Å². The van der Waals surface area contributed by atoms with Crippen LogP contribution in [0.1, 0.15) is 26.3 Å². The highest BCUT2D eigenvalue weighted by Crippen LogP contribution is 2.25. The van der Waals surface area contributed by atoms with Gasteiger partial charge >= 0.3 is 0 Å². The van der Waals surface area contributed by atoms with E-state index in [0.717, 1.165) is 5.56 Å². The SMILES string of the molecule is CC(C)(C)c1ccc(-c2cn3cc(F)cc3c(=O)[nH]2)cc1. The number of fused-ring (bicyclic) bond motifs is 1. The largest absolute Gasteiger partial charge is 0.319 e. The molecule has 0 aliphatic carbocycles. The lowest BCUT2D eigenvalue weighted by atomic mass is 9.86. The number of hydrogen-bond donors (Lipinski definition) is 1. The zero-order chi connectivity index (χ0) is 15.2. The minimum Gasteiger partial charge on any atom is -0.319 e. The van der Waals surface area contributed by atoms with E-state index in [1.807, 2.05) is 24.3 Å². The molecule has 0 spiro atoms. The summed E-state index contributed by atoms with van der Waals surface area (Å²) in [7, 11) is 0. The molecule has 21 heavy (non-hydrogen) atoms. The van der Waals surface area contributed by atoms with Crippen LogP contribution in [0.3, 0.4) is 0 Å². The van der Waals surface area contributed by atoms with Crippen molar-refractivity contribution in [3.05, 3.63) is 64.5 Å². The van der Waals surface area contributed by atoms with Crippen molar-refractivity contribution >= 4 is 5.52 Å². The number of aromatic amines is 1. The summed E-state index contributed by atoms with van der Waals surface area (Å²) in [5.41, 5.74) is 2.89. The van der Waals surface area contributed by atoms with Crippen molar-refractivity contribution in [2.24, 2.45) is 0 Å². The Labute approximate surface area is 122 Å². The molecule has 2 aromatic heterocycles. The molecule has 0 saturated carbocycles. The predicted molar refractivity (Wildman–Crippen MR) is 82.1 cm³/mol. The van der Waals surface area contributed by atoms with Gasteiger partial charge in [-0.05, 0) is 16.5 Å². The number of benzene rings is 1. The smallest absolute Gasteiger partial charge is 0.272 e. The minimum atomic E-state index is -0.416. The first-order valence-electron chi connectivity index (χ1n) is 6.86. The number of aromatic nitrogens is 2. The molecule has 1 aromatic carbocycles. The molecule has 0 radical (unpaired) electrons. The topological polar surface area (TPSA) is 37.3 Å². The normalized spacial score (nSPS) is 12.0. The Kier molecular flexibility index (Phi) is 2.97. The summed E-state index contributed by atoms with van der Waals surface area (Å²) >= 11 is 0. The zero-order valence-electron chi connectivity index (χ0n) is 12.3. The van der Waals surface area contributed by atoms with Crippen molar-refractivity contribution in [2.75, 3.05) is 0 Å². The lowest BCUT2D eigenvalue weighted by molar-refractivity contribution is 0.590. The van der Waals surface area contributed by atoms with E-state index in [4.69, 9.17) is 0 Å². The molecule has 3 rings (SSSR count). The van der Waals surface area contributed by atoms with Gasteiger partial charge in [-0.15, -0.1) is 0 Å². The molecule has 0 aliphatic heterocycles. The molecule has 3 aromatic rings. The molecule has 108 valence electrons. The van der Waals surface area contributed by atoms with Gasteiger partial charge in [-0.25, -0.2) is 4.39 Å². The standard InChI is InChI=1S/C17H17FN2O/c1-17(2,3)12-6-4-11(5-7-12)14-10-20-9-13(18)8-15(20)16(21)19-14/h4-10H,1-3H3,(H,19,21). The summed E-state index contributed by atoms with van der Waals surface area (Å²) in [6.45, 7) is 6.45. The fraction of sp³-hybridized carbons (Fsp3) is 0.235. The number of H-pyrrole nitrogens is 1. The van der Waals surface area contributed by atoms with Gasteiger partial charge in [0.1, 0.15) is 11.3 Å². The van der Waals surface area contributed by atoms with E-state index in [2.05, 4.69) is 25.8 Å². The van der Waals surface area contributed by atoms with Crippen LogP contribution in [0, 0.1) is 5.82 Å².